The fraction of sp³-hybridized carbons (Fsp3) is 0.667. The van der Waals surface area contributed by atoms with E-state index in [0.29, 0.717) is 12.0 Å². The van der Waals surface area contributed by atoms with E-state index < -0.39 is 0 Å². The average Bonchev–Trinajstić information content (AvgIpc) is 3.31. The quantitative estimate of drug-likeness (QED) is 0.460. The van der Waals surface area contributed by atoms with Gasteiger partial charge in [0.25, 0.3) is 0 Å². The maximum atomic E-state index is 5.78. The molecule has 0 atom stereocenters. The highest BCUT2D eigenvalue weighted by Gasteiger charge is 2.40. The first-order chi connectivity index (χ1) is 12.7. The van der Waals surface area contributed by atoms with E-state index in [0.717, 1.165) is 37.8 Å². The number of nitrogens with one attached hydrogen (secondary N) is 1. The summed E-state index contributed by atoms with van der Waals surface area (Å²) in [5, 5.41) is 3.51. The molecule has 1 spiro atoms. The molecule has 5 heteroatoms. The molecule has 1 heterocycles. The highest BCUT2D eigenvalue weighted by molar-refractivity contribution is 5.80. The second-order valence-electron chi connectivity index (χ2n) is 7.61. The van der Waals surface area contributed by atoms with Crippen LogP contribution >= 0.6 is 0 Å². The van der Waals surface area contributed by atoms with Gasteiger partial charge in [0.05, 0.1) is 13.7 Å². The Morgan fingerprint density at radius 3 is 2.65 bits per heavy atom. The van der Waals surface area contributed by atoms with Crippen molar-refractivity contribution in [1.82, 2.24) is 10.2 Å². The molecule has 1 N–H and O–H groups in total. The van der Waals surface area contributed by atoms with Crippen LogP contribution in [0.3, 0.4) is 0 Å². The van der Waals surface area contributed by atoms with E-state index in [1.54, 1.807) is 7.11 Å². The van der Waals surface area contributed by atoms with Gasteiger partial charge in [-0.25, -0.2) is 0 Å². The average molecular weight is 360 g/mol. The summed E-state index contributed by atoms with van der Waals surface area (Å²) in [7, 11) is 3.57. The number of aliphatic imine (C=N–C) groups is 1. The third-order valence-electron chi connectivity index (χ3n) is 5.79. The maximum absolute atomic E-state index is 5.78. The summed E-state index contributed by atoms with van der Waals surface area (Å²) in [4.78, 5) is 6.93. The Kier molecular flexibility index (Phi) is 6.78. The summed E-state index contributed by atoms with van der Waals surface area (Å²) in [5.74, 6) is 1.94. The van der Waals surface area contributed by atoms with Crippen molar-refractivity contribution >= 4 is 5.96 Å². The highest BCUT2D eigenvalue weighted by Crippen LogP contribution is 2.45. The summed E-state index contributed by atoms with van der Waals surface area (Å²) in [6, 6.07) is 8.03. The number of hydrogen-bond acceptors (Lipinski definition) is 3. The van der Waals surface area contributed by atoms with Crippen molar-refractivity contribution < 1.29 is 9.47 Å². The topological polar surface area (TPSA) is 46.1 Å². The number of benzene rings is 1. The molecule has 3 rings (SSSR count). The largest absolute Gasteiger partial charge is 0.497 e. The van der Waals surface area contributed by atoms with E-state index in [1.165, 1.54) is 44.2 Å². The Bertz CT molecular complexity index is 579. The third kappa shape index (κ3) is 4.91. The molecule has 1 aliphatic carbocycles. The summed E-state index contributed by atoms with van der Waals surface area (Å²) in [6.45, 7) is 4.63. The van der Waals surface area contributed by atoms with E-state index in [4.69, 9.17) is 9.47 Å². The Hall–Kier alpha value is -1.75. The maximum Gasteiger partial charge on any atom is 0.193 e. The van der Waals surface area contributed by atoms with Gasteiger partial charge in [-0.3, -0.25) is 4.99 Å². The predicted molar refractivity (Wildman–Crippen MR) is 106 cm³/mol. The standard InChI is InChI=1S/C21H33N3O2/c1-22-20(24-14-12-21(17-24)10-3-4-11-21)23-13-5-15-26-16-18-6-8-19(25-2)9-7-18/h6-9H,3-5,10-17H2,1-2H3,(H,22,23). The Balaban J connectivity index is 1.31. The van der Waals surface area contributed by atoms with Crippen LogP contribution in [-0.4, -0.2) is 51.3 Å². The Morgan fingerprint density at radius 1 is 1.19 bits per heavy atom. The number of likely N-dealkylation sites (tertiary alicyclic amines) is 1. The molecule has 1 aromatic carbocycles. The van der Waals surface area contributed by atoms with E-state index in [1.807, 2.05) is 31.3 Å². The summed E-state index contributed by atoms with van der Waals surface area (Å²) < 4.78 is 10.9. The molecule has 1 saturated carbocycles. The van der Waals surface area contributed by atoms with E-state index in [9.17, 15) is 0 Å². The minimum Gasteiger partial charge on any atom is -0.497 e. The Morgan fingerprint density at radius 2 is 1.96 bits per heavy atom. The number of guanidine groups is 1. The van der Waals surface area contributed by atoms with Crippen LogP contribution in [0.5, 0.6) is 5.75 Å². The van der Waals surface area contributed by atoms with Gasteiger partial charge in [0.1, 0.15) is 5.75 Å². The van der Waals surface area contributed by atoms with Gasteiger partial charge in [0.2, 0.25) is 0 Å². The van der Waals surface area contributed by atoms with Crippen LogP contribution in [0.1, 0.15) is 44.1 Å². The molecule has 144 valence electrons. The summed E-state index contributed by atoms with van der Waals surface area (Å²) in [5.41, 5.74) is 1.76. The zero-order chi connectivity index (χ0) is 18.2. The van der Waals surface area contributed by atoms with Crippen LogP contribution in [0.15, 0.2) is 29.3 Å². The summed E-state index contributed by atoms with van der Waals surface area (Å²) >= 11 is 0. The molecule has 0 bridgehead atoms. The first-order valence-corrected chi connectivity index (χ1v) is 9.91. The van der Waals surface area contributed by atoms with Gasteiger partial charge in [-0.1, -0.05) is 25.0 Å². The summed E-state index contributed by atoms with van der Waals surface area (Å²) in [6.07, 6.45) is 7.93. The lowest BCUT2D eigenvalue weighted by Gasteiger charge is -2.25. The molecule has 2 fully saturated rings. The first-order valence-electron chi connectivity index (χ1n) is 9.91. The van der Waals surface area contributed by atoms with Crippen LogP contribution in [0, 0.1) is 5.41 Å². The number of hydrogen-bond donors (Lipinski definition) is 1. The van der Waals surface area contributed by atoms with Crippen LogP contribution < -0.4 is 10.1 Å². The van der Waals surface area contributed by atoms with Gasteiger partial charge in [-0.2, -0.15) is 0 Å². The zero-order valence-electron chi connectivity index (χ0n) is 16.3. The number of methoxy groups -OCH3 is 1. The smallest absolute Gasteiger partial charge is 0.193 e. The molecule has 0 radical (unpaired) electrons. The van der Waals surface area contributed by atoms with Gasteiger partial charge >= 0.3 is 0 Å². The first kappa shape index (κ1) is 19.0. The van der Waals surface area contributed by atoms with E-state index in [2.05, 4.69) is 15.2 Å². The monoisotopic (exact) mass is 359 g/mol. The van der Waals surface area contributed by atoms with Crippen molar-refractivity contribution in [3.8, 4) is 5.75 Å². The highest BCUT2D eigenvalue weighted by atomic mass is 16.5. The molecule has 2 aliphatic rings. The van der Waals surface area contributed by atoms with Gasteiger partial charge < -0.3 is 19.7 Å². The number of rotatable bonds is 7. The molecule has 1 saturated heterocycles. The zero-order valence-corrected chi connectivity index (χ0v) is 16.3. The van der Waals surface area contributed by atoms with Crippen molar-refractivity contribution in [2.75, 3.05) is 40.4 Å². The molecule has 5 nitrogen and oxygen atoms in total. The lowest BCUT2D eigenvalue weighted by Crippen LogP contribution is -2.41. The van der Waals surface area contributed by atoms with Gasteiger partial charge in [-0.15, -0.1) is 0 Å². The second kappa shape index (κ2) is 9.26. The molecular formula is C21H33N3O2. The molecule has 26 heavy (non-hydrogen) atoms. The van der Waals surface area contributed by atoms with E-state index >= 15 is 0 Å². The molecule has 0 unspecified atom stereocenters. The van der Waals surface area contributed by atoms with Crippen molar-refractivity contribution in [3.63, 3.8) is 0 Å². The van der Waals surface area contributed by atoms with Crippen LogP contribution in [0.25, 0.3) is 0 Å². The Labute approximate surface area is 157 Å². The number of nitrogens with zero attached hydrogens (tertiary/aromatic N) is 2. The fourth-order valence-electron chi connectivity index (χ4n) is 4.27. The van der Waals surface area contributed by atoms with Crippen LogP contribution in [0.2, 0.25) is 0 Å². The van der Waals surface area contributed by atoms with Crippen molar-refractivity contribution in [1.29, 1.82) is 0 Å². The lowest BCUT2D eigenvalue weighted by molar-refractivity contribution is 0.119. The molecule has 1 aliphatic heterocycles. The van der Waals surface area contributed by atoms with Crippen LogP contribution in [0.4, 0.5) is 0 Å². The van der Waals surface area contributed by atoms with Gasteiger partial charge in [0, 0.05) is 33.3 Å². The second-order valence-corrected chi connectivity index (χ2v) is 7.61. The fourth-order valence-corrected chi connectivity index (χ4v) is 4.27. The van der Waals surface area contributed by atoms with E-state index in [-0.39, 0.29) is 0 Å². The van der Waals surface area contributed by atoms with Crippen molar-refractivity contribution in [2.45, 2.75) is 45.1 Å². The molecule has 0 amide bonds. The lowest BCUT2D eigenvalue weighted by atomic mass is 9.86. The normalized spacial score (nSPS) is 19.3. The third-order valence-corrected chi connectivity index (χ3v) is 5.79. The van der Waals surface area contributed by atoms with Crippen molar-refractivity contribution in [2.24, 2.45) is 10.4 Å². The van der Waals surface area contributed by atoms with Crippen molar-refractivity contribution in [3.05, 3.63) is 29.8 Å². The molecule has 1 aromatic rings. The minimum atomic E-state index is 0.582. The predicted octanol–water partition coefficient (Wildman–Crippen LogP) is 3.44. The van der Waals surface area contributed by atoms with Gasteiger partial charge in [-0.05, 0) is 48.8 Å². The molecule has 0 aromatic heterocycles. The van der Waals surface area contributed by atoms with Gasteiger partial charge in [0.15, 0.2) is 5.96 Å². The SMILES string of the molecule is CN=C(NCCCOCc1ccc(OC)cc1)N1CCC2(CCCC2)C1. The molecular weight excluding hydrogens is 326 g/mol. The minimum absolute atomic E-state index is 0.582. The van der Waals surface area contributed by atoms with Crippen LogP contribution in [-0.2, 0) is 11.3 Å². The number of ether oxygens (including phenoxy) is 2.